The van der Waals surface area contributed by atoms with E-state index in [0.717, 1.165) is 11.8 Å². The van der Waals surface area contributed by atoms with Gasteiger partial charge < -0.3 is 14.2 Å². The lowest BCUT2D eigenvalue weighted by Gasteiger charge is -2.34. The summed E-state index contributed by atoms with van der Waals surface area (Å²) in [5, 5.41) is 0.718. The van der Waals surface area contributed by atoms with E-state index in [0.29, 0.717) is 37.7 Å². The molecule has 5 rings (SSSR count). The monoisotopic (exact) mass is 402 g/mol. The van der Waals surface area contributed by atoms with Gasteiger partial charge in [-0.15, -0.1) is 0 Å². The van der Waals surface area contributed by atoms with Gasteiger partial charge in [-0.05, 0) is 30.0 Å². The molecule has 0 N–H and O–H groups in total. The minimum atomic E-state index is -0.624. The van der Waals surface area contributed by atoms with Crippen LogP contribution in [-0.4, -0.2) is 47.8 Å². The lowest BCUT2D eigenvalue weighted by atomic mass is 10.1. The summed E-state index contributed by atoms with van der Waals surface area (Å²) in [4.78, 5) is 41.5. The van der Waals surface area contributed by atoms with Crippen LogP contribution in [0, 0.1) is 5.92 Å². The van der Waals surface area contributed by atoms with Gasteiger partial charge in [0.2, 0.25) is 5.91 Å². The molecule has 30 heavy (non-hydrogen) atoms. The second kappa shape index (κ2) is 7.44. The van der Waals surface area contributed by atoms with Crippen molar-refractivity contribution in [1.82, 2.24) is 9.80 Å². The van der Waals surface area contributed by atoms with Crippen LogP contribution in [0.15, 0.2) is 69.9 Å². The van der Waals surface area contributed by atoms with E-state index in [4.69, 9.17) is 4.42 Å². The van der Waals surface area contributed by atoms with E-state index in [2.05, 4.69) is 12.1 Å². The van der Waals surface area contributed by atoms with Crippen molar-refractivity contribution < 1.29 is 14.0 Å². The van der Waals surface area contributed by atoms with E-state index in [1.807, 2.05) is 35.2 Å². The molecule has 1 aromatic heterocycles. The largest absolute Gasteiger partial charge is 0.422 e. The van der Waals surface area contributed by atoms with Gasteiger partial charge in [-0.2, -0.15) is 0 Å². The molecule has 6 heteroatoms. The number of para-hydroxylation sites is 1. The molecule has 152 valence electrons. The maximum absolute atomic E-state index is 12.9. The summed E-state index contributed by atoms with van der Waals surface area (Å²) in [5.74, 6) is 0.180. The number of carbonyl (C=O) groups is 2. The molecule has 2 aromatic carbocycles. The Balaban J connectivity index is 1.23. The van der Waals surface area contributed by atoms with Crippen LogP contribution in [-0.2, 0) is 4.79 Å². The summed E-state index contributed by atoms with van der Waals surface area (Å²) in [6.45, 7) is 1.81. The average Bonchev–Trinajstić information content (AvgIpc) is 3.59. The Hall–Kier alpha value is -3.41. The number of fused-ring (bicyclic) bond motifs is 1. The molecule has 1 saturated heterocycles. The van der Waals surface area contributed by atoms with Crippen LogP contribution in [0.4, 0.5) is 0 Å². The summed E-state index contributed by atoms with van der Waals surface area (Å²) in [6, 6.07) is 18.9. The molecule has 2 aliphatic rings. The molecule has 2 unspecified atom stereocenters. The standard InChI is InChI=1S/C24H22N2O4/c27-22(19-15-18(19)16-6-2-1-3-7-16)25-10-12-26(13-11-25)23(28)20-14-17-8-4-5-9-21(17)30-24(20)29/h1-9,14,18-19H,10-13,15H2. The highest BCUT2D eigenvalue weighted by molar-refractivity contribution is 5.96. The fourth-order valence-electron chi connectivity index (χ4n) is 4.28. The summed E-state index contributed by atoms with van der Waals surface area (Å²) < 4.78 is 5.29. The smallest absolute Gasteiger partial charge is 0.349 e. The van der Waals surface area contributed by atoms with E-state index in [1.54, 1.807) is 23.1 Å². The zero-order chi connectivity index (χ0) is 20.7. The molecule has 2 fully saturated rings. The van der Waals surface area contributed by atoms with Crippen LogP contribution >= 0.6 is 0 Å². The van der Waals surface area contributed by atoms with E-state index >= 15 is 0 Å². The number of benzene rings is 2. The number of amides is 2. The van der Waals surface area contributed by atoms with E-state index in [1.165, 1.54) is 5.56 Å². The molecule has 0 radical (unpaired) electrons. The second-order valence-corrected chi connectivity index (χ2v) is 7.96. The van der Waals surface area contributed by atoms with Crippen LogP contribution in [0.25, 0.3) is 11.0 Å². The minimum absolute atomic E-state index is 0.0415. The lowest BCUT2D eigenvalue weighted by Crippen LogP contribution is -2.51. The third kappa shape index (κ3) is 3.38. The third-order valence-electron chi connectivity index (χ3n) is 6.09. The predicted molar refractivity (Wildman–Crippen MR) is 112 cm³/mol. The Morgan fingerprint density at radius 1 is 0.867 bits per heavy atom. The predicted octanol–water partition coefficient (Wildman–Crippen LogP) is 2.88. The molecular formula is C24H22N2O4. The highest BCUT2D eigenvalue weighted by Gasteiger charge is 2.46. The molecular weight excluding hydrogens is 380 g/mol. The number of carbonyl (C=O) groups excluding carboxylic acids is 2. The summed E-state index contributed by atoms with van der Waals surface area (Å²) >= 11 is 0. The molecule has 1 aliphatic heterocycles. The van der Waals surface area contributed by atoms with Gasteiger partial charge >= 0.3 is 5.63 Å². The maximum atomic E-state index is 12.9. The van der Waals surface area contributed by atoms with Crippen molar-refractivity contribution in [2.45, 2.75) is 12.3 Å². The zero-order valence-corrected chi connectivity index (χ0v) is 16.5. The van der Waals surface area contributed by atoms with Gasteiger partial charge in [0.05, 0.1) is 0 Å². The Bertz CT molecular complexity index is 1160. The average molecular weight is 402 g/mol. The second-order valence-electron chi connectivity index (χ2n) is 7.96. The number of nitrogens with zero attached hydrogens (tertiary/aromatic N) is 2. The van der Waals surface area contributed by atoms with E-state index in [9.17, 15) is 14.4 Å². The number of rotatable bonds is 3. The Kier molecular flexibility index (Phi) is 4.62. The van der Waals surface area contributed by atoms with Gasteiger partial charge in [-0.1, -0.05) is 48.5 Å². The fourth-order valence-corrected chi connectivity index (χ4v) is 4.28. The van der Waals surface area contributed by atoms with Gasteiger partial charge in [0.15, 0.2) is 0 Å². The van der Waals surface area contributed by atoms with Crippen molar-refractivity contribution in [3.05, 3.63) is 82.2 Å². The van der Waals surface area contributed by atoms with Gasteiger partial charge in [0.25, 0.3) is 5.91 Å². The van der Waals surface area contributed by atoms with Crippen molar-refractivity contribution in [3.63, 3.8) is 0 Å². The molecule has 2 amide bonds. The third-order valence-corrected chi connectivity index (χ3v) is 6.09. The summed E-state index contributed by atoms with van der Waals surface area (Å²) in [5.41, 5.74) is 1.10. The SMILES string of the molecule is O=C(c1cc2ccccc2oc1=O)N1CCN(C(=O)C2CC2c2ccccc2)CC1. The first kappa shape index (κ1) is 18.6. The fraction of sp³-hybridized carbons (Fsp3) is 0.292. The van der Waals surface area contributed by atoms with Crippen molar-refractivity contribution in [2.24, 2.45) is 5.92 Å². The number of hydrogen-bond donors (Lipinski definition) is 0. The Morgan fingerprint density at radius 2 is 1.53 bits per heavy atom. The maximum Gasteiger partial charge on any atom is 0.349 e. The Labute approximate surface area is 173 Å². The molecule has 3 aromatic rings. The normalized spacial score (nSPS) is 20.9. The van der Waals surface area contributed by atoms with Crippen molar-refractivity contribution in [1.29, 1.82) is 0 Å². The van der Waals surface area contributed by atoms with Crippen LogP contribution < -0.4 is 5.63 Å². The first-order valence-electron chi connectivity index (χ1n) is 10.3. The van der Waals surface area contributed by atoms with Crippen molar-refractivity contribution >= 4 is 22.8 Å². The molecule has 0 bridgehead atoms. The summed E-state index contributed by atoms with van der Waals surface area (Å²) in [7, 11) is 0. The topological polar surface area (TPSA) is 70.8 Å². The van der Waals surface area contributed by atoms with Gasteiger partial charge in [-0.25, -0.2) is 4.79 Å². The van der Waals surface area contributed by atoms with E-state index < -0.39 is 5.63 Å². The van der Waals surface area contributed by atoms with Crippen LogP contribution in [0.2, 0.25) is 0 Å². The van der Waals surface area contributed by atoms with E-state index in [-0.39, 0.29) is 23.3 Å². The molecule has 2 atom stereocenters. The van der Waals surface area contributed by atoms with Crippen molar-refractivity contribution in [2.75, 3.05) is 26.2 Å². The lowest BCUT2D eigenvalue weighted by molar-refractivity contribution is -0.134. The Morgan fingerprint density at radius 3 is 2.30 bits per heavy atom. The van der Waals surface area contributed by atoms with Crippen LogP contribution in [0.1, 0.15) is 28.3 Å². The number of piperazine rings is 1. The van der Waals surface area contributed by atoms with Crippen LogP contribution in [0.3, 0.4) is 0 Å². The van der Waals surface area contributed by atoms with Gasteiger partial charge in [-0.3, -0.25) is 9.59 Å². The molecule has 1 aliphatic carbocycles. The highest BCUT2D eigenvalue weighted by Crippen LogP contribution is 2.48. The van der Waals surface area contributed by atoms with Crippen LogP contribution in [0.5, 0.6) is 0 Å². The highest BCUT2D eigenvalue weighted by atomic mass is 16.4. The molecule has 0 spiro atoms. The molecule has 2 heterocycles. The first-order valence-corrected chi connectivity index (χ1v) is 10.3. The quantitative estimate of drug-likeness (QED) is 0.632. The molecule has 6 nitrogen and oxygen atoms in total. The molecule has 1 saturated carbocycles. The van der Waals surface area contributed by atoms with Crippen molar-refractivity contribution in [3.8, 4) is 0 Å². The minimum Gasteiger partial charge on any atom is -0.422 e. The number of hydrogen-bond acceptors (Lipinski definition) is 4. The van der Waals surface area contributed by atoms with Gasteiger partial charge in [0, 0.05) is 37.5 Å². The first-order chi connectivity index (χ1) is 14.6. The summed E-state index contributed by atoms with van der Waals surface area (Å²) in [6.07, 6.45) is 0.889. The van der Waals surface area contributed by atoms with Gasteiger partial charge in [0.1, 0.15) is 11.1 Å². The zero-order valence-electron chi connectivity index (χ0n) is 16.5.